The van der Waals surface area contributed by atoms with Gasteiger partial charge in [-0.3, -0.25) is 9.20 Å². The first-order valence-corrected chi connectivity index (χ1v) is 10.5. The Balaban J connectivity index is 0.000000881. The van der Waals surface area contributed by atoms with Crippen molar-refractivity contribution in [2.75, 3.05) is 0 Å². The van der Waals surface area contributed by atoms with Crippen LogP contribution in [0.3, 0.4) is 0 Å². The predicted molar refractivity (Wildman–Crippen MR) is 132 cm³/mol. The summed E-state index contributed by atoms with van der Waals surface area (Å²) < 4.78 is 1.73. The molecule has 156 valence electrons. The van der Waals surface area contributed by atoms with E-state index in [9.17, 15) is 4.79 Å². The van der Waals surface area contributed by atoms with Crippen molar-refractivity contribution < 1.29 is 0 Å². The molecule has 0 saturated heterocycles. The SMILES string of the molecule is C/C=c1/nc2c3cccc4cccc(c(=O)n2/c1=C/C)c43.C=C.CC.CC.CC. The summed E-state index contributed by atoms with van der Waals surface area (Å²) in [5.41, 5.74) is 0.744. The van der Waals surface area contributed by atoms with E-state index in [4.69, 9.17) is 0 Å². The van der Waals surface area contributed by atoms with E-state index >= 15 is 0 Å². The summed E-state index contributed by atoms with van der Waals surface area (Å²) in [5.74, 6) is 0. The molecule has 0 aliphatic rings. The predicted octanol–water partition coefficient (Wildman–Crippen LogP) is 5.92. The van der Waals surface area contributed by atoms with Gasteiger partial charge >= 0.3 is 0 Å². The van der Waals surface area contributed by atoms with Gasteiger partial charge in [0.1, 0.15) is 5.65 Å². The number of aromatic nitrogens is 2. The van der Waals surface area contributed by atoms with E-state index < -0.39 is 0 Å². The average molecular weight is 393 g/mol. The third kappa shape index (κ3) is 4.73. The Kier molecular flexibility index (Phi) is 11.9. The fourth-order valence-corrected chi connectivity index (χ4v) is 3.15. The monoisotopic (exact) mass is 392 g/mol. The van der Waals surface area contributed by atoms with Crippen LogP contribution >= 0.6 is 0 Å². The van der Waals surface area contributed by atoms with Crippen LogP contribution in [0.1, 0.15) is 55.4 Å². The molecular weight excluding hydrogens is 356 g/mol. The summed E-state index contributed by atoms with van der Waals surface area (Å²) in [6.07, 6.45) is 3.89. The van der Waals surface area contributed by atoms with Crippen LogP contribution in [-0.4, -0.2) is 9.38 Å². The zero-order chi connectivity index (χ0) is 22.6. The molecule has 0 radical (unpaired) electrons. The lowest BCUT2D eigenvalue weighted by Gasteiger charge is -2.06. The minimum absolute atomic E-state index is 0.00278. The Bertz CT molecular complexity index is 1180. The molecule has 29 heavy (non-hydrogen) atoms. The summed E-state index contributed by atoms with van der Waals surface area (Å²) in [6, 6.07) is 12.0. The van der Waals surface area contributed by atoms with Gasteiger partial charge < -0.3 is 0 Å². The van der Waals surface area contributed by atoms with Gasteiger partial charge in [-0.25, -0.2) is 4.98 Å². The van der Waals surface area contributed by atoms with Crippen LogP contribution in [0, 0.1) is 0 Å². The van der Waals surface area contributed by atoms with Crippen molar-refractivity contribution in [3.8, 4) is 0 Å². The molecule has 0 saturated carbocycles. The highest BCUT2D eigenvalue weighted by molar-refractivity contribution is 6.14. The third-order valence-corrected chi connectivity index (χ3v) is 4.07. The second-order valence-electron chi connectivity index (χ2n) is 5.13. The van der Waals surface area contributed by atoms with E-state index in [2.05, 4.69) is 18.1 Å². The normalized spacial score (nSPS) is 10.9. The van der Waals surface area contributed by atoms with Gasteiger partial charge in [-0.2, -0.15) is 0 Å². The van der Waals surface area contributed by atoms with Crippen molar-refractivity contribution in [3.63, 3.8) is 0 Å². The number of hydrogen-bond donors (Lipinski definition) is 0. The van der Waals surface area contributed by atoms with Crippen LogP contribution in [0.15, 0.2) is 54.4 Å². The van der Waals surface area contributed by atoms with Crippen molar-refractivity contribution in [1.29, 1.82) is 0 Å². The summed E-state index contributed by atoms with van der Waals surface area (Å²) in [7, 11) is 0. The number of pyridine rings is 1. The van der Waals surface area contributed by atoms with Gasteiger partial charge in [0.25, 0.3) is 5.56 Å². The molecule has 0 unspecified atom stereocenters. The molecule has 0 spiro atoms. The minimum Gasteiger partial charge on any atom is -0.268 e. The fourth-order valence-electron chi connectivity index (χ4n) is 3.15. The van der Waals surface area contributed by atoms with E-state index in [-0.39, 0.29) is 5.56 Å². The number of nitrogens with zero attached hydrogens (tertiary/aromatic N) is 2. The second-order valence-corrected chi connectivity index (χ2v) is 5.13. The fraction of sp³-hybridized carbons (Fsp3) is 0.308. The second kappa shape index (κ2) is 13.3. The van der Waals surface area contributed by atoms with Gasteiger partial charge in [-0.15, -0.1) is 13.2 Å². The van der Waals surface area contributed by atoms with E-state index in [1.54, 1.807) is 4.40 Å². The third-order valence-electron chi connectivity index (χ3n) is 4.07. The van der Waals surface area contributed by atoms with Gasteiger partial charge in [-0.05, 0) is 25.3 Å². The largest absolute Gasteiger partial charge is 0.268 e. The molecular formula is C26H36N2O. The Morgan fingerprint density at radius 1 is 0.828 bits per heavy atom. The van der Waals surface area contributed by atoms with Gasteiger partial charge in [0, 0.05) is 16.2 Å². The number of benzene rings is 2. The van der Waals surface area contributed by atoms with Crippen molar-refractivity contribution in [2.45, 2.75) is 55.4 Å². The summed E-state index contributed by atoms with van der Waals surface area (Å²) in [5, 5.41) is 5.58. The van der Waals surface area contributed by atoms with Crippen molar-refractivity contribution in [2.24, 2.45) is 0 Å². The lowest BCUT2D eigenvalue weighted by molar-refractivity contribution is 1.09. The average Bonchev–Trinajstić information content (AvgIpc) is 3.22. The van der Waals surface area contributed by atoms with Crippen molar-refractivity contribution in [1.82, 2.24) is 9.38 Å². The maximum Gasteiger partial charge on any atom is 0.264 e. The van der Waals surface area contributed by atoms with E-state index in [1.165, 1.54) is 0 Å². The van der Waals surface area contributed by atoms with Crippen molar-refractivity contribution in [3.05, 3.63) is 70.6 Å². The van der Waals surface area contributed by atoms with Crippen LogP contribution in [0.25, 0.3) is 39.3 Å². The topological polar surface area (TPSA) is 34.4 Å². The van der Waals surface area contributed by atoms with Crippen LogP contribution in [0.4, 0.5) is 0 Å². The number of hydrogen-bond acceptors (Lipinski definition) is 2. The molecule has 3 heteroatoms. The quantitative estimate of drug-likeness (QED) is 0.348. The molecule has 2 heterocycles. The highest BCUT2D eigenvalue weighted by atomic mass is 16.1. The standard InChI is InChI=1S/C18H14N2O.3C2H6.C2H4/c1-3-14-15(4-2)20-17(19-14)12-9-5-7-11-8-6-10-13(16(11)12)18(20)21;4*1-2/h3-10H,1-2H3;3*1-2H3;1-2H2/b14-3+,15-4+;;;;. The summed E-state index contributed by atoms with van der Waals surface area (Å²) in [4.78, 5) is 17.6. The molecule has 0 aliphatic heterocycles. The highest BCUT2D eigenvalue weighted by Gasteiger charge is 2.13. The lowest BCUT2D eigenvalue weighted by Crippen LogP contribution is -2.32. The van der Waals surface area contributed by atoms with Gasteiger partial charge in [0.05, 0.1) is 10.7 Å². The minimum atomic E-state index is 0.00278. The van der Waals surface area contributed by atoms with Crippen LogP contribution < -0.4 is 16.3 Å². The zero-order valence-electron chi connectivity index (χ0n) is 19.3. The van der Waals surface area contributed by atoms with Gasteiger partial charge in [0.2, 0.25) is 0 Å². The number of fused-ring (bicyclic) bond motifs is 2. The lowest BCUT2D eigenvalue weighted by atomic mass is 10.0. The maximum atomic E-state index is 12.9. The van der Waals surface area contributed by atoms with Crippen LogP contribution in [0.5, 0.6) is 0 Å². The Labute approximate surface area is 175 Å². The molecule has 0 N–H and O–H groups in total. The first kappa shape index (κ1) is 26.1. The maximum absolute atomic E-state index is 12.9. The first-order chi connectivity index (χ1) is 14.3. The smallest absolute Gasteiger partial charge is 0.264 e. The van der Waals surface area contributed by atoms with Crippen LogP contribution in [0.2, 0.25) is 0 Å². The molecule has 0 amide bonds. The molecule has 0 bridgehead atoms. The highest BCUT2D eigenvalue weighted by Crippen LogP contribution is 2.25. The first-order valence-electron chi connectivity index (χ1n) is 10.5. The summed E-state index contributed by atoms with van der Waals surface area (Å²) >= 11 is 0. The Morgan fingerprint density at radius 3 is 1.83 bits per heavy atom. The summed E-state index contributed by atoms with van der Waals surface area (Å²) in [6.45, 7) is 21.9. The van der Waals surface area contributed by atoms with Gasteiger partial charge in [-0.1, -0.05) is 84.0 Å². The van der Waals surface area contributed by atoms with E-state index in [0.717, 1.165) is 37.9 Å². The molecule has 3 nitrogen and oxygen atoms in total. The van der Waals surface area contributed by atoms with Crippen LogP contribution in [-0.2, 0) is 0 Å². The number of rotatable bonds is 0. The molecule has 0 fully saturated rings. The molecule has 2 aromatic carbocycles. The zero-order valence-corrected chi connectivity index (χ0v) is 19.3. The number of imidazole rings is 1. The van der Waals surface area contributed by atoms with Gasteiger partial charge in [0.15, 0.2) is 0 Å². The molecule has 4 aromatic rings. The molecule has 0 aliphatic carbocycles. The Morgan fingerprint density at radius 2 is 1.34 bits per heavy atom. The van der Waals surface area contributed by atoms with E-state index in [1.807, 2.05) is 104 Å². The molecule has 4 rings (SSSR count). The Hall–Kier alpha value is -2.94. The van der Waals surface area contributed by atoms with Crippen molar-refractivity contribution >= 4 is 39.3 Å². The molecule has 2 aromatic heterocycles. The van der Waals surface area contributed by atoms with E-state index in [0.29, 0.717) is 0 Å². The molecule has 0 atom stereocenters.